The van der Waals surface area contributed by atoms with Gasteiger partial charge in [0.1, 0.15) is 0 Å². The maximum absolute atomic E-state index is 13.8. The summed E-state index contributed by atoms with van der Waals surface area (Å²) in [5.74, 6) is 1.54. The molecule has 1 atom stereocenters. The van der Waals surface area contributed by atoms with Gasteiger partial charge in [0, 0.05) is 12.0 Å². The zero-order valence-corrected chi connectivity index (χ0v) is 21.8. The molecular formula is C28H28N2O5S. The summed E-state index contributed by atoms with van der Waals surface area (Å²) < 4.78 is 18.5. The molecule has 1 aliphatic carbocycles. The predicted octanol–water partition coefficient (Wildman–Crippen LogP) is 3.63. The lowest BCUT2D eigenvalue weighted by molar-refractivity contribution is -0.118. The number of fused-ring (bicyclic) bond motifs is 1. The monoisotopic (exact) mass is 504 g/mol. The molecule has 0 fully saturated rings. The Morgan fingerprint density at radius 3 is 2.28 bits per heavy atom. The average molecular weight is 505 g/mol. The molecule has 0 saturated heterocycles. The number of methoxy groups -OCH3 is 3. The highest BCUT2D eigenvalue weighted by molar-refractivity contribution is 7.07. The fraction of sp³-hybridized carbons (Fsp3) is 0.321. The van der Waals surface area contributed by atoms with Crippen LogP contribution < -0.4 is 29.1 Å². The summed E-state index contributed by atoms with van der Waals surface area (Å²) >= 11 is 1.32. The van der Waals surface area contributed by atoms with Crippen LogP contribution >= 0.6 is 11.3 Å². The number of carbonyl (C=O) groups is 1. The second kappa shape index (κ2) is 9.09. The standard InChI is InChI=1S/C28H28N2O5S/c1-28(2)14-18-23(19(31)15-28)24(17-9-7-6-8-10-17)30-26(32)22(36-27(30)29-18)13-16-11-20(33-3)25(35-5)21(12-16)34-4/h6-13,24H,14-15H2,1-5H3. The van der Waals surface area contributed by atoms with Gasteiger partial charge in [0.15, 0.2) is 22.1 Å². The number of allylic oxidation sites excluding steroid dienone is 2. The molecule has 0 radical (unpaired) electrons. The van der Waals surface area contributed by atoms with Crippen LogP contribution in [-0.4, -0.2) is 31.7 Å². The molecule has 1 unspecified atom stereocenters. The van der Waals surface area contributed by atoms with Crippen molar-refractivity contribution in [2.24, 2.45) is 10.4 Å². The van der Waals surface area contributed by atoms with Crippen LogP contribution in [0.15, 0.2) is 63.5 Å². The number of ether oxygens (including phenoxy) is 3. The number of nitrogens with zero attached hydrogens (tertiary/aromatic N) is 2. The Bertz CT molecular complexity index is 1540. The Morgan fingerprint density at radius 1 is 1.00 bits per heavy atom. The first kappa shape index (κ1) is 24.1. The van der Waals surface area contributed by atoms with Crippen molar-refractivity contribution >= 4 is 23.2 Å². The summed E-state index contributed by atoms with van der Waals surface area (Å²) in [7, 11) is 4.65. The lowest BCUT2D eigenvalue weighted by Gasteiger charge is -2.35. The highest BCUT2D eigenvalue weighted by atomic mass is 32.1. The highest BCUT2D eigenvalue weighted by Gasteiger charge is 2.40. The Hall–Kier alpha value is -3.65. The van der Waals surface area contributed by atoms with Crippen LogP contribution in [0.1, 0.15) is 43.9 Å². The van der Waals surface area contributed by atoms with Crippen LogP contribution in [0.25, 0.3) is 6.08 Å². The van der Waals surface area contributed by atoms with Gasteiger partial charge in [-0.1, -0.05) is 55.5 Å². The van der Waals surface area contributed by atoms with Gasteiger partial charge < -0.3 is 14.2 Å². The van der Waals surface area contributed by atoms with Crippen LogP contribution in [-0.2, 0) is 4.79 Å². The van der Waals surface area contributed by atoms with E-state index in [1.165, 1.54) is 11.3 Å². The molecule has 0 saturated carbocycles. The molecule has 1 aromatic heterocycles. The van der Waals surface area contributed by atoms with Crippen LogP contribution in [0, 0.1) is 5.41 Å². The summed E-state index contributed by atoms with van der Waals surface area (Å²) in [6.45, 7) is 4.17. The van der Waals surface area contributed by atoms with E-state index in [9.17, 15) is 9.59 Å². The lowest BCUT2D eigenvalue weighted by atomic mass is 9.73. The van der Waals surface area contributed by atoms with E-state index in [0.717, 1.165) is 16.8 Å². The Balaban J connectivity index is 1.74. The topological polar surface area (TPSA) is 79.1 Å². The fourth-order valence-corrected chi connectivity index (χ4v) is 6.06. The van der Waals surface area contributed by atoms with E-state index < -0.39 is 6.04 Å². The summed E-state index contributed by atoms with van der Waals surface area (Å²) in [6.07, 6.45) is 2.92. The van der Waals surface area contributed by atoms with E-state index in [1.807, 2.05) is 30.3 Å². The maximum atomic E-state index is 13.8. The Labute approximate surface area is 213 Å². The second-order valence-electron chi connectivity index (χ2n) is 9.75. The van der Waals surface area contributed by atoms with Crippen LogP contribution in [0.3, 0.4) is 0 Å². The third-order valence-electron chi connectivity index (χ3n) is 6.60. The minimum absolute atomic E-state index is 0.0535. The Morgan fingerprint density at radius 2 is 1.67 bits per heavy atom. The molecule has 7 nitrogen and oxygen atoms in total. The average Bonchev–Trinajstić information content (AvgIpc) is 3.16. The number of ketones is 1. The Kier molecular flexibility index (Phi) is 6.08. The van der Waals surface area contributed by atoms with Crippen molar-refractivity contribution in [2.75, 3.05) is 21.3 Å². The number of aromatic nitrogens is 1. The molecule has 186 valence electrons. The molecule has 0 bridgehead atoms. The van der Waals surface area contributed by atoms with Crippen LogP contribution in [0.4, 0.5) is 0 Å². The number of Topliss-reactive ketones (excluding diaryl/α,β-unsaturated/α-hetero) is 1. The first-order valence-electron chi connectivity index (χ1n) is 11.7. The van der Waals surface area contributed by atoms with Gasteiger partial charge >= 0.3 is 0 Å². The SMILES string of the molecule is COc1cc(C=c2sc3n(c2=O)C(c2ccccc2)C2=C(CC(C)(C)CC2=O)N=3)cc(OC)c1OC. The van der Waals surface area contributed by atoms with Gasteiger partial charge in [0.05, 0.1) is 37.6 Å². The van der Waals surface area contributed by atoms with Crippen molar-refractivity contribution < 1.29 is 19.0 Å². The number of carbonyl (C=O) groups excluding carboxylic acids is 1. The van der Waals surface area contributed by atoms with E-state index in [-0.39, 0.29) is 16.8 Å². The van der Waals surface area contributed by atoms with Crippen molar-refractivity contribution in [3.63, 3.8) is 0 Å². The second-order valence-corrected chi connectivity index (χ2v) is 10.8. The molecule has 36 heavy (non-hydrogen) atoms. The molecule has 5 rings (SSSR count). The number of hydrogen-bond acceptors (Lipinski definition) is 7. The highest BCUT2D eigenvalue weighted by Crippen LogP contribution is 2.43. The lowest BCUT2D eigenvalue weighted by Crippen LogP contribution is -2.42. The van der Waals surface area contributed by atoms with Gasteiger partial charge in [0.25, 0.3) is 5.56 Å². The third-order valence-corrected chi connectivity index (χ3v) is 7.58. The van der Waals surface area contributed by atoms with E-state index >= 15 is 0 Å². The molecular weight excluding hydrogens is 476 g/mol. The number of thiazole rings is 1. The first-order chi connectivity index (χ1) is 17.3. The zero-order valence-electron chi connectivity index (χ0n) is 21.0. The van der Waals surface area contributed by atoms with Gasteiger partial charge in [0.2, 0.25) is 5.75 Å². The van der Waals surface area contributed by atoms with E-state index in [0.29, 0.717) is 45.0 Å². The van der Waals surface area contributed by atoms with Gasteiger partial charge in [-0.05, 0) is 41.2 Å². The maximum Gasteiger partial charge on any atom is 0.271 e. The van der Waals surface area contributed by atoms with E-state index in [2.05, 4.69) is 13.8 Å². The molecule has 2 aliphatic rings. The largest absolute Gasteiger partial charge is 0.493 e. The molecule has 8 heteroatoms. The van der Waals surface area contributed by atoms with Crippen molar-refractivity contribution in [3.05, 3.63) is 84.5 Å². The van der Waals surface area contributed by atoms with Crippen LogP contribution in [0.5, 0.6) is 17.2 Å². The molecule has 2 aromatic carbocycles. The minimum atomic E-state index is -0.497. The summed E-state index contributed by atoms with van der Waals surface area (Å²) in [5.41, 5.74) is 2.68. The molecule has 0 amide bonds. The van der Waals surface area contributed by atoms with Crippen LogP contribution in [0.2, 0.25) is 0 Å². The van der Waals surface area contributed by atoms with E-state index in [4.69, 9.17) is 19.2 Å². The predicted molar refractivity (Wildman–Crippen MR) is 139 cm³/mol. The van der Waals surface area contributed by atoms with Gasteiger partial charge in [-0.15, -0.1) is 0 Å². The first-order valence-corrected chi connectivity index (χ1v) is 12.5. The fourth-order valence-electron chi connectivity index (χ4n) is 5.04. The third kappa shape index (κ3) is 4.05. The van der Waals surface area contributed by atoms with Gasteiger partial charge in [-0.3, -0.25) is 14.2 Å². The molecule has 0 spiro atoms. The molecule has 3 aromatic rings. The summed E-state index contributed by atoms with van der Waals surface area (Å²) in [6, 6.07) is 12.8. The summed E-state index contributed by atoms with van der Waals surface area (Å²) in [5, 5.41) is 0. The van der Waals surface area contributed by atoms with Gasteiger partial charge in [-0.25, -0.2) is 4.99 Å². The number of benzene rings is 2. The molecule has 2 heterocycles. The molecule has 0 N–H and O–H groups in total. The van der Waals surface area contributed by atoms with E-state index in [1.54, 1.807) is 44.1 Å². The van der Waals surface area contributed by atoms with Gasteiger partial charge in [-0.2, -0.15) is 0 Å². The minimum Gasteiger partial charge on any atom is -0.493 e. The number of hydrogen-bond donors (Lipinski definition) is 0. The zero-order chi connectivity index (χ0) is 25.6. The quantitative estimate of drug-likeness (QED) is 0.530. The van der Waals surface area contributed by atoms with Crippen molar-refractivity contribution in [1.29, 1.82) is 0 Å². The normalized spacial score (nSPS) is 18.9. The molecule has 1 aliphatic heterocycles. The van der Waals surface area contributed by atoms with Crippen molar-refractivity contribution in [3.8, 4) is 17.2 Å². The summed E-state index contributed by atoms with van der Waals surface area (Å²) in [4.78, 5) is 32.6. The van der Waals surface area contributed by atoms with Crippen molar-refractivity contribution in [1.82, 2.24) is 4.57 Å². The number of rotatable bonds is 5. The van der Waals surface area contributed by atoms with Crippen molar-refractivity contribution in [2.45, 2.75) is 32.7 Å². The smallest absolute Gasteiger partial charge is 0.271 e.